The number of hydrogen-bond donors (Lipinski definition) is 0. The fourth-order valence-electron chi connectivity index (χ4n) is 7.55. The number of halogens is 4. The van der Waals surface area contributed by atoms with Crippen LogP contribution in [0.2, 0.25) is 0 Å². The third-order valence-corrected chi connectivity index (χ3v) is 9.93. The zero-order chi connectivity index (χ0) is 25.0. The first-order valence-electron chi connectivity index (χ1n) is 13.1. The van der Waals surface area contributed by atoms with E-state index in [1.54, 1.807) is 0 Å². The summed E-state index contributed by atoms with van der Waals surface area (Å²) >= 11 is 0. The number of fused-ring (bicyclic) bond motifs is 3. The highest BCUT2D eigenvalue weighted by atomic mass is 19.4. The molecule has 36 heavy (non-hydrogen) atoms. The number of alkyl halides is 4. The van der Waals surface area contributed by atoms with Crippen LogP contribution in [0.1, 0.15) is 93.8 Å². The highest BCUT2D eigenvalue weighted by Gasteiger charge is 2.73. The third kappa shape index (κ3) is 3.36. The maximum atomic E-state index is 14.3. The molecule has 5 nitrogen and oxygen atoms in total. The highest BCUT2D eigenvalue weighted by Crippen LogP contribution is 2.70. The Labute approximate surface area is 206 Å². The first-order valence-corrected chi connectivity index (χ1v) is 13.1. The van der Waals surface area contributed by atoms with Crippen LogP contribution in [0.25, 0.3) is 0 Å². The third-order valence-electron chi connectivity index (χ3n) is 9.93. The second kappa shape index (κ2) is 7.10. The van der Waals surface area contributed by atoms with Crippen molar-refractivity contribution in [3.63, 3.8) is 0 Å². The molecule has 0 saturated heterocycles. The van der Waals surface area contributed by atoms with E-state index in [0.717, 1.165) is 24.9 Å². The largest absolute Gasteiger partial charge is 0.471 e. The van der Waals surface area contributed by atoms with Gasteiger partial charge in [-0.15, -0.1) is 0 Å². The minimum atomic E-state index is -4.65. The predicted octanol–water partition coefficient (Wildman–Crippen LogP) is 6.48. The molecule has 0 atom stereocenters. The molecule has 7 saturated carbocycles. The molecule has 1 aromatic carbocycles. The molecular weight excluding hydrogens is 474 g/mol. The van der Waals surface area contributed by atoms with Gasteiger partial charge in [0.2, 0.25) is 5.91 Å². The molecule has 9 heteroatoms. The van der Waals surface area contributed by atoms with Gasteiger partial charge in [-0.2, -0.15) is 18.2 Å². The van der Waals surface area contributed by atoms with Crippen molar-refractivity contribution in [3.05, 3.63) is 41.5 Å². The van der Waals surface area contributed by atoms with Crippen molar-refractivity contribution in [2.24, 2.45) is 10.8 Å². The molecule has 9 rings (SSSR count). The van der Waals surface area contributed by atoms with E-state index >= 15 is 0 Å². The van der Waals surface area contributed by atoms with Gasteiger partial charge in [0.05, 0.1) is 5.41 Å². The van der Waals surface area contributed by atoms with Crippen LogP contribution in [0.3, 0.4) is 0 Å². The van der Waals surface area contributed by atoms with E-state index in [0.29, 0.717) is 51.0 Å². The van der Waals surface area contributed by atoms with Gasteiger partial charge < -0.3 is 9.42 Å². The maximum absolute atomic E-state index is 14.3. The Morgan fingerprint density at radius 2 is 1.72 bits per heavy atom. The van der Waals surface area contributed by atoms with Crippen molar-refractivity contribution in [2.75, 3.05) is 11.4 Å². The molecule has 192 valence electrons. The number of anilines is 1. The lowest BCUT2D eigenvalue weighted by molar-refractivity contribution is -0.211. The number of amides is 1. The molecule has 0 spiro atoms. The Morgan fingerprint density at radius 3 is 2.28 bits per heavy atom. The van der Waals surface area contributed by atoms with E-state index in [1.165, 1.54) is 18.4 Å². The normalized spacial score (nSPS) is 36.8. The average molecular weight is 504 g/mol. The van der Waals surface area contributed by atoms with Gasteiger partial charge in [-0.1, -0.05) is 17.3 Å². The van der Waals surface area contributed by atoms with Crippen LogP contribution in [0.4, 0.5) is 23.2 Å². The van der Waals surface area contributed by atoms with Gasteiger partial charge in [0.1, 0.15) is 5.67 Å². The number of rotatable bonds is 6. The lowest BCUT2D eigenvalue weighted by Crippen LogP contribution is -2.71. The van der Waals surface area contributed by atoms with Crippen molar-refractivity contribution in [3.8, 4) is 0 Å². The van der Waals surface area contributed by atoms with Crippen LogP contribution in [0, 0.1) is 10.8 Å². The predicted molar refractivity (Wildman–Crippen MR) is 122 cm³/mol. The fraction of sp³-hybridized carbons (Fsp3) is 0.667. The average Bonchev–Trinajstić information content (AvgIpc) is 3.55. The summed E-state index contributed by atoms with van der Waals surface area (Å²) in [7, 11) is 0. The van der Waals surface area contributed by atoms with Crippen LogP contribution in [0.15, 0.2) is 28.8 Å². The van der Waals surface area contributed by atoms with Crippen LogP contribution >= 0.6 is 0 Å². The second-order valence-corrected chi connectivity index (χ2v) is 12.4. The molecule has 1 heterocycles. The minimum Gasteiger partial charge on any atom is -0.329 e. The van der Waals surface area contributed by atoms with Gasteiger partial charge in [0, 0.05) is 17.6 Å². The summed E-state index contributed by atoms with van der Waals surface area (Å²) in [6.07, 6.45) is 3.05. The Hall–Kier alpha value is -2.45. The molecular formula is C27H29F4N3O2. The Morgan fingerprint density at radius 1 is 1.06 bits per heavy atom. The van der Waals surface area contributed by atoms with Crippen molar-refractivity contribution < 1.29 is 26.9 Å². The van der Waals surface area contributed by atoms with E-state index in [2.05, 4.69) is 26.8 Å². The van der Waals surface area contributed by atoms with E-state index in [4.69, 9.17) is 0 Å². The molecule has 1 amide bonds. The standard InChI is InChI=1S/C27H29F4N3O2/c28-26-13-25(14-26,15-26)22(35)34(19-3-1-2-18(12-19)17-4-5-17)16-23-6-9-24(10-7-23,11-8-23)20-32-21(36-33-20)27(29,30)31/h1-3,12,17H,4-11,13-16H2. The van der Waals surface area contributed by atoms with Crippen molar-refractivity contribution >= 4 is 11.6 Å². The summed E-state index contributed by atoms with van der Waals surface area (Å²) < 4.78 is 58.0. The van der Waals surface area contributed by atoms with Gasteiger partial charge in [-0.05, 0) is 99.7 Å². The second-order valence-electron chi connectivity index (χ2n) is 12.4. The van der Waals surface area contributed by atoms with Gasteiger partial charge >= 0.3 is 12.1 Å². The summed E-state index contributed by atoms with van der Waals surface area (Å²) in [6, 6.07) is 8.26. The Kier molecular flexibility index (Phi) is 4.48. The van der Waals surface area contributed by atoms with Crippen molar-refractivity contribution in [2.45, 2.75) is 93.8 Å². The summed E-state index contributed by atoms with van der Waals surface area (Å²) in [5.41, 5.74) is -0.167. The van der Waals surface area contributed by atoms with Crippen LogP contribution in [-0.4, -0.2) is 28.3 Å². The number of carbonyl (C=O) groups excluding carboxylic acids is 1. The van der Waals surface area contributed by atoms with E-state index in [1.807, 2.05) is 17.0 Å². The first kappa shape index (κ1) is 22.7. The maximum Gasteiger partial charge on any atom is 0.471 e. The molecule has 7 aliphatic carbocycles. The monoisotopic (exact) mass is 503 g/mol. The van der Waals surface area contributed by atoms with E-state index in [9.17, 15) is 22.4 Å². The molecule has 1 aromatic heterocycles. The van der Waals surface area contributed by atoms with Crippen LogP contribution in [-0.2, 0) is 16.4 Å². The van der Waals surface area contributed by atoms with Crippen LogP contribution < -0.4 is 4.90 Å². The van der Waals surface area contributed by atoms with E-state index in [-0.39, 0.29) is 17.1 Å². The SMILES string of the molecule is O=C(N(CC12CCC(c3noc(C(F)(F)F)n3)(CC1)CC2)c1cccc(C2CC2)c1)C12CC(F)(C1)C2. The van der Waals surface area contributed by atoms with Crippen molar-refractivity contribution in [1.29, 1.82) is 0 Å². The van der Waals surface area contributed by atoms with Crippen molar-refractivity contribution in [1.82, 2.24) is 10.1 Å². The molecule has 4 bridgehead atoms. The topological polar surface area (TPSA) is 59.2 Å². The molecule has 0 radical (unpaired) electrons. The number of nitrogens with zero attached hydrogens (tertiary/aromatic N) is 3. The van der Waals surface area contributed by atoms with Gasteiger partial charge in [-0.3, -0.25) is 4.79 Å². The zero-order valence-corrected chi connectivity index (χ0v) is 20.0. The number of aromatic nitrogens is 2. The summed E-state index contributed by atoms with van der Waals surface area (Å²) in [4.78, 5) is 19.5. The molecule has 7 fully saturated rings. The van der Waals surface area contributed by atoms with Gasteiger partial charge in [-0.25, -0.2) is 4.39 Å². The van der Waals surface area contributed by atoms with Gasteiger partial charge in [0.25, 0.3) is 0 Å². The minimum absolute atomic E-state index is 0.0414. The zero-order valence-electron chi connectivity index (χ0n) is 20.0. The lowest BCUT2D eigenvalue weighted by Gasteiger charge is -2.65. The first-order chi connectivity index (χ1) is 17.0. The Balaban J connectivity index is 1.14. The van der Waals surface area contributed by atoms with Crippen LogP contribution in [0.5, 0.6) is 0 Å². The highest BCUT2D eigenvalue weighted by molar-refractivity contribution is 6.00. The number of benzene rings is 1. The quantitative estimate of drug-likeness (QED) is 0.423. The fourth-order valence-corrected chi connectivity index (χ4v) is 7.55. The molecule has 0 unspecified atom stereocenters. The number of hydrogen-bond acceptors (Lipinski definition) is 4. The summed E-state index contributed by atoms with van der Waals surface area (Å²) in [5, 5.41) is 3.72. The molecule has 0 aliphatic heterocycles. The van der Waals surface area contributed by atoms with Gasteiger partial charge in [0.15, 0.2) is 5.82 Å². The number of carbonyl (C=O) groups is 1. The lowest BCUT2D eigenvalue weighted by atomic mass is 9.41. The summed E-state index contributed by atoms with van der Waals surface area (Å²) in [6.45, 7) is 0.567. The molecule has 7 aliphatic rings. The molecule has 2 aromatic rings. The molecule has 0 N–H and O–H groups in total. The summed E-state index contributed by atoms with van der Waals surface area (Å²) in [5.74, 6) is -0.522. The smallest absolute Gasteiger partial charge is 0.329 e. The van der Waals surface area contributed by atoms with E-state index < -0.39 is 28.6 Å². The Bertz CT molecular complexity index is 1190.